The molecule has 0 saturated heterocycles. The van der Waals surface area contributed by atoms with Crippen LogP contribution in [0.15, 0.2) is 0 Å². The minimum absolute atomic E-state index is 0.497. The fourth-order valence-corrected chi connectivity index (χ4v) is 0.129. The smallest absolute Gasteiger partial charge is 0.329 e. The van der Waals surface area contributed by atoms with Gasteiger partial charge in [-0.1, -0.05) is 0 Å². The number of ether oxygens (including phenoxy) is 1. The van der Waals surface area contributed by atoms with Gasteiger partial charge in [0.05, 0.1) is 0 Å². The quantitative estimate of drug-likeness (QED) is 0.491. The number of carboxylic acid groups (broad SMARTS) is 1. The molecule has 0 atom stereocenters. The molecule has 0 amide bonds. The molecule has 0 aromatic carbocycles. The zero-order chi connectivity index (χ0) is 5.70. The van der Waals surface area contributed by atoms with Crippen molar-refractivity contribution in [1.82, 2.24) is 0 Å². The topological polar surface area (TPSA) is 66.4 Å². The molecular formula is C3H5O4. The summed E-state index contributed by atoms with van der Waals surface area (Å²) in [6.45, 7) is -1.28. The van der Waals surface area contributed by atoms with Gasteiger partial charge in [-0.25, -0.2) is 9.90 Å². The Morgan fingerprint density at radius 2 is 2.29 bits per heavy atom. The molecule has 4 heteroatoms. The molecule has 0 spiro atoms. The monoisotopic (exact) mass is 105 g/mol. The van der Waals surface area contributed by atoms with E-state index in [0.717, 1.165) is 0 Å². The summed E-state index contributed by atoms with van der Waals surface area (Å²) in [5.41, 5.74) is 0. The summed E-state index contributed by atoms with van der Waals surface area (Å²) in [6, 6.07) is 0. The highest BCUT2D eigenvalue weighted by molar-refractivity contribution is 5.67. The molecule has 0 saturated carbocycles. The molecule has 4 nitrogen and oxygen atoms in total. The Morgan fingerprint density at radius 1 is 1.71 bits per heavy atom. The molecule has 1 N–H and O–H groups in total. The zero-order valence-corrected chi connectivity index (χ0v) is 3.59. The highest BCUT2D eigenvalue weighted by Crippen LogP contribution is 1.68. The Morgan fingerprint density at radius 3 is 2.43 bits per heavy atom. The van der Waals surface area contributed by atoms with Gasteiger partial charge in [0.15, 0.2) is 6.79 Å². The van der Waals surface area contributed by atoms with E-state index in [-0.39, 0.29) is 0 Å². The van der Waals surface area contributed by atoms with Crippen LogP contribution >= 0.6 is 0 Å². The summed E-state index contributed by atoms with van der Waals surface area (Å²) in [6.07, 6.45) is 0. The molecule has 0 aliphatic carbocycles. The van der Waals surface area contributed by atoms with E-state index in [9.17, 15) is 9.90 Å². The molecule has 0 aliphatic heterocycles. The average Bonchev–Trinajstić information content (AvgIpc) is 1.61. The van der Waals surface area contributed by atoms with Crippen molar-refractivity contribution in [3.8, 4) is 0 Å². The van der Waals surface area contributed by atoms with Crippen LogP contribution in [-0.4, -0.2) is 24.5 Å². The van der Waals surface area contributed by atoms with Crippen LogP contribution in [-0.2, 0) is 14.6 Å². The molecule has 0 heterocycles. The summed E-state index contributed by atoms with van der Waals surface area (Å²) < 4.78 is 3.94. The lowest BCUT2D eigenvalue weighted by atomic mass is 10.8. The van der Waals surface area contributed by atoms with Crippen LogP contribution in [0.5, 0.6) is 0 Å². The third-order valence-electron chi connectivity index (χ3n) is 0.309. The van der Waals surface area contributed by atoms with Gasteiger partial charge in [0, 0.05) is 0 Å². The van der Waals surface area contributed by atoms with Crippen molar-refractivity contribution < 1.29 is 19.7 Å². The molecule has 0 rings (SSSR count). The fraction of sp³-hybridized carbons (Fsp3) is 0.667. The molecular weight excluding hydrogens is 100 g/mol. The largest absolute Gasteiger partial charge is 0.480 e. The first-order chi connectivity index (χ1) is 3.27. The Bertz CT molecular complexity index is 60.0. The number of carbonyl (C=O) groups is 1. The van der Waals surface area contributed by atoms with E-state index >= 15 is 0 Å². The molecule has 0 bridgehead atoms. The molecule has 0 unspecified atom stereocenters. The van der Waals surface area contributed by atoms with E-state index < -0.39 is 19.4 Å². The lowest BCUT2D eigenvalue weighted by molar-refractivity contribution is -0.147. The van der Waals surface area contributed by atoms with E-state index in [4.69, 9.17) is 5.11 Å². The maximum atomic E-state index is 9.49. The van der Waals surface area contributed by atoms with E-state index in [0.29, 0.717) is 0 Å². The van der Waals surface area contributed by atoms with E-state index in [1.54, 1.807) is 0 Å². The molecule has 1 radical (unpaired) electrons. The Labute approximate surface area is 40.3 Å². The van der Waals surface area contributed by atoms with Crippen molar-refractivity contribution in [2.45, 2.75) is 0 Å². The number of carboxylic acids is 1. The van der Waals surface area contributed by atoms with E-state index in [1.165, 1.54) is 0 Å². The first kappa shape index (κ1) is 6.39. The van der Waals surface area contributed by atoms with Gasteiger partial charge in [-0.15, -0.1) is 0 Å². The van der Waals surface area contributed by atoms with Gasteiger partial charge >= 0.3 is 5.97 Å². The van der Waals surface area contributed by atoms with Crippen LogP contribution in [0.3, 0.4) is 0 Å². The molecule has 0 fully saturated rings. The van der Waals surface area contributed by atoms with Crippen LogP contribution in [0.2, 0.25) is 0 Å². The molecule has 0 aliphatic rings. The Hall–Kier alpha value is -0.610. The van der Waals surface area contributed by atoms with Crippen LogP contribution in [0.1, 0.15) is 0 Å². The Kier molecular flexibility index (Phi) is 3.26. The van der Waals surface area contributed by atoms with Crippen molar-refractivity contribution >= 4 is 5.97 Å². The average molecular weight is 105 g/mol. The fourth-order valence-electron chi connectivity index (χ4n) is 0.129. The van der Waals surface area contributed by atoms with Crippen molar-refractivity contribution in [1.29, 1.82) is 0 Å². The van der Waals surface area contributed by atoms with Gasteiger partial charge in [-0.2, -0.15) is 0 Å². The van der Waals surface area contributed by atoms with Crippen LogP contribution in [0.25, 0.3) is 0 Å². The Balaban J connectivity index is 2.82. The maximum absolute atomic E-state index is 9.49. The minimum atomic E-state index is -1.11. The second-order valence-corrected chi connectivity index (χ2v) is 0.860. The summed E-state index contributed by atoms with van der Waals surface area (Å²) in [7, 11) is 0. The lowest BCUT2D eigenvalue weighted by Crippen LogP contribution is -2.06. The lowest BCUT2D eigenvalue weighted by Gasteiger charge is -1.88. The number of rotatable bonds is 3. The predicted molar refractivity (Wildman–Crippen MR) is 19.1 cm³/mol. The molecule has 41 valence electrons. The molecule has 0 aromatic rings. The van der Waals surface area contributed by atoms with Crippen molar-refractivity contribution in [2.24, 2.45) is 0 Å². The zero-order valence-electron chi connectivity index (χ0n) is 3.59. The standard InChI is InChI=1S/C3H5O4/c4-2-7-1-3(5)6/h1-2H2,(H,5,6). The second kappa shape index (κ2) is 3.58. The SMILES string of the molecule is [O]COCC(=O)O. The predicted octanol–water partition coefficient (Wildman–Crippen LogP) is -0.524. The van der Waals surface area contributed by atoms with E-state index in [2.05, 4.69) is 4.74 Å². The summed E-state index contributed by atoms with van der Waals surface area (Å²) >= 11 is 0. The van der Waals surface area contributed by atoms with Crippen LogP contribution in [0.4, 0.5) is 0 Å². The molecule has 0 aromatic heterocycles. The summed E-state index contributed by atoms with van der Waals surface area (Å²) in [4.78, 5) is 9.49. The van der Waals surface area contributed by atoms with Gasteiger partial charge in [-0.05, 0) is 0 Å². The first-order valence-corrected chi connectivity index (χ1v) is 1.65. The highest BCUT2D eigenvalue weighted by atomic mass is 16.6. The van der Waals surface area contributed by atoms with Crippen LogP contribution < -0.4 is 0 Å². The van der Waals surface area contributed by atoms with Gasteiger partial charge in [0.25, 0.3) is 0 Å². The van der Waals surface area contributed by atoms with Gasteiger partial charge in [0.1, 0.15) is 6.61 Å². The maximum Gasteiger partial charge on any atom is 0.329 e. The van der Waals surface area contributed by atoms with Crippen molar-refractivity contribution in [3.63, 3.8) is 0 Å². The van der Waals surface area contributed by atoms with Gasteiger partial charge in [0.2, 0.25) is 0 Å². The summed E-state index contributed by atoms with van der Waals surface area (Å²) in [5.74, 6) is -1.11. The third kappa shape index (κ3) is 5.39. The minimum Gasteiger partial charge on any atom is -0.480 e. The van der Waals surface area contributed by atoms with Crippen molar-refractivity contribution in [3.05, 3.63) is 0 Å². The summed E-state index contributed by atoms with van der Waals surface area (Å²) in [5, 5.41) is 17.1. The van der Waals surface area contributed by atoms with Gasteiger partial charge in [-0.3, -0.25) is 0 Å². The first-order valence-electron chi connectivity index (χ1n) is 1.65. The van der Waals surface area contributed by atoms with Crippen molar-refractivity contribution in [2.75, 3.05) is 13.4 Å². The van der Waals surface area contributed by atoms with E-state index in [1.807, 2.05) is 0 Å². The van der Waals surface area contributed by atoms with Crippen LogP contribution in [0, 0.1) is 0 Å². The molecule has 7 heavy (non-hydrogen) atoms. The highest BCUT2D eigenvalue weighted by Gasteiger charge is 1.91. The van der Waals surface area contributed by atoms with Gasteiger partial charge < -0.3 is 9.84 Å². The number of hydrogen-bond donors (Lipinski definition) is 1. The second-order valence-electron chi connectivity index (χ2n) is 0.860. The number of hydrogen-bond acceptors (Lipinski definition) is 2. The number of aliphatic carboxylic acids is 1. The third-order valence-corrected chi connectivity index (χ3v) is 0.309. The normalized spacial score (nSPS) is 8.71.